The maximum absolute atomic E-state index is 12.8. The Hall–Kier alpha value is -1.05. The van der Waals surface area contributed by atoms with Crippen molar-refractivity contribution >= 4 is 0 Å². The zero-order chi connectivity index (χ0) is 8.27. The number of ether oxygens (including phenoxy) is 1. The fraction of sp³-hybridized carbons (Fsp3) is 0.333. The largest absolute Gasteiger partial charge is 0.488 e. The number of benzene rings is 1. The SMILES string of the molecule is CC(C)Oc1ccccc1F. The molecule has 0 heterocycles. The van der Waals surface area contributed by atoms with Gasteiger partial charge in [-0.3, -0.25) is 0 Å². The van der Waals surface area contributed by atoms with Crippen LogP contribution in [-0.4, -0.2) is 6.10 Å². The van der Waals surface area contributed by atoms with Gasteiger partial charge in [-0.05, 0) is 26.0 Å². The Kier molecular flexibility index (Phi) is 2.47. The molecular weight excluding hydrogens is 143 g/mol. The van der Waals surface area contributed by atoms with Crippen LogP contribution in [0.4, 0.5) is 4.39 Å². The highest BCUT2D eigenvalue weighted by Crippen LogP contribution is 2.16. The van der Waals surface area contributed by atoms with Crippen molar-refractivity contribution in [1.29, 1.82) is 0 Å². The summed E-state index contributed by atoms with van der Waals surface area (Å²) in [6.45, 7) is 3.74. The van der Waals surface area contributed by atoms with Crippen molar-refractivity contribution in [3.05, 3.63) is 30.1 Å². The molecule has 0 amide bonds. The minimum absolute atomic E-state index is 0.0203. The molecule has 0 radical (unpaired) electrons. The van der Waals surface area contributed by atoms with E-state index in [9.17, 15) is 4.39 Å². The van der Waals surface area contributed by atoms with E-state index in [1.807, 2.05) is 13.8 Å². The third kappa shape index (κ3) is 2.22. The molecule has 0 spiro atoms. The molecule has 60 valence electrons. The van der Waals surface area contributed by atoms with E-state index >= 15 is 0 Å². The lowest BCUT2D eigenvalue weighted by Gasteiger charge is -2.09. The Morgan fingerprint density at radius 2 is 1.91 bits per heavy atom. The third-order valence-electron chi connectivity index (χ3n) is 1.20. The van der Waals surface area contributed by atoms with Gasteiger partial charge in [-0.2, -0.15) is 0 Å². The molecule has 0 aromatic heterocycles. The van der Waals surface area contributed by atoms with Gasteiger partial charge in [0.25, 0.3) is 0 Å². The lowest BCUT2D eigenvalue weighted by Crippen LogP contribution is -2.06. The average Bonchev–Trinajstić information content (AvgIpc) is 1.93. The van der Waals surface area contributed by atoms with Crippen LogP contribution in [0.1, 0.15) is 13.8 Å². The van der Waals surface area contributed by atoms with Crippen LogP contribution in [0.2, 0.25) is 0 Å². The van der Waals surface area contributed by atoms with Gasteiger partial charge in [0.05, 0.1) is 6.10 Å². The van der Waals surface area contributed by atoms with Crippen LogP contribution in [0.25, 0.3) is 0 Å². The van der Waals surface area contributed by atoms with Crippen molar-refractivity contribution in [2.45, 2.75) is 20.0 Å². The first-order valence-corrected chi connectivity index (χ1v) is 3.61. The lowest BCUT2D eigenvalue weighted by molar-refractivity contribution is 0.231. The minimum atomic E-state index is -0.304. The molecule has 1 nitrogen and oxygen atoms in total. The standard InChI is InChI=1S/C9H11FO/c1-7(2)11-9-6-4-3-5-8(9)10/h3-7H,1-2H3. The second-order valence-electron chi connectivity index (χ2n) is 2.60. The van der Waals surface area contributed by atoms with Crippen LogP contribution in [0.15, 0.2) is 24.3 Å². The Balaban J connectivity index is 2.78. The van der Waals surface area contributed by atoms with Crippen LogP contribution < -0.4 is 4.74 Å². The molecule has 0 atom stereocenters. The highest BCUT2D eigenvalue weighted by atomic mass is 19.1. The molecule has 0 fully saturated rings. The quantitative estimate of drug-likeness (QED) is 0.636. The zero-order valence-electron chi connectivity index (χ0n) is 6.67. The molecule has 0 saturated carbocycles. The van der Waals surface area contributed by atoms with Crippen molar-refractivity contribution in [1.82, 2.24) is 0 Å². The molecule has 0 aliphatic carbocycles. The van der Waals surface area contributed by atoms with Crippen LogP contribution in [0.3, 0.4) is 0 Å². The van der Waals surface area contributed by atoms with E-state index in [2.05, 4.69) is 0 Å². The maximum Gasteiger partial charge on any atom is 0.165 e. The fourth-order valence-electron chi connectivity index (χ4n) is 0.794. The molecule has 11 heavy (non-hydrogen) atoms. The normalized spacial score (nSPS) is 10.2. The van der Waals surface area contributed by atoms with Crippen LogP contribution in [0.5, 0.6) is 5.75 Å². The van der Waals surface area contributed by atoms with Gasteiger partial charge in [0.15, 0.2) is 11.6 Å². The minimum Gasteiger partial charge on any atom is -0.488 e. The van der Waals surface area contributed by atoms with Crippen molar-refractivity contribution in [2.75, 3.05) is 0 Å². The zero-order valence-corrected chi connectivity index (χ0v) is 6.67. The number of rotatable bonds is 2. The third-order valence-corrected chi connectivity index (χ3v) is 1.20. The number of para-hydroxylation sites is 1. The van der Waals surface area contributed by atoms with Crippen molar-refractivity contribution in [3.63, 3.8) is 0 Å². The number of hydrogen-bond donors (Lipinski definition) is 0. The van der Waals surface area contributed by atoms with Gasteiger partial charge in [-0.15, -0.1) is 0 Å². The van der Waals surface area contributed by atoms with Crippen molar-refractivity contribution in [2.24, 2.45) is 0 Å². The molecule has 0 saturated heterocycles. The smallest absolute Gasteiger partial charge is 0.165 e. The lowest BCUT2D eigenvalue weighted by atomic mass is 10.3. The summed E-state index contributed by atoms with van der Waals surface area (Å²) in [4.78, 5) is 0. The Morgan fingerprint density at radius 3 is 2.45 bits per heavy atom. The molecule has 1 aromatic carbocycles. The second kappa shape index (κ2) is 3.37. The molecule has 1 rings (SSSR count). The monoisotopic (exact) mass is 154 g/mol. The van der Waals surface area contributed by atoms with Gasteiger partial charge in [0.2, 0.25) is 0 Å². The van der Waals surface area contributed by atoms with Gasteiger partial charge in [-0.1, -0.05) is 12.1 Å². The van der Waals surface area contributed by atoms with Crippen LogP contribution in [0, 0.1) is 5.82 Å². The van der Waals surface area contributed by atoms with E-state index in [1.165, 1.54) is 6.07 Å². The maximum atomic E-state index is 12.8. The number of hydrogen-bond acceptors (Lipinski definition) is 1. The van der Waals surface area contributed by atoms with E-state index in [0.29, 0.717) is 5.75 Å². The summed E-state index contributed by atoms with van der Waals surface area (Å²) < 4.78 is 18.0. The van der Waals surface area contributed by atoms with Gasteiger partial charge in [0.1, 0.15) is 0 Å². The molecule has 2 heteroatoms. The van der Waals surface area contributed by atoms with Crippen LogP contribution in [-0.2, 0) is 0 Å². The summed E-state index contributed by atoms with van der Waals surface area (Å²) in [5, 5.41) is 0. The van der Waals surface area contributed by atoms with E-state index < -0.39 is 0 Å². The van der Waals surface area contributed by atoms with E-state index in [1.54, 1.807) is 18.2 Å². The van der Waals surface area contributed by atoms with E-state index in [4.69, 9.17) is 4.74 Å². The summed E-state index contributed by atoms with van der Waals surface area (Å²) in [5.41, 5.74) is 0. The summed E-state index contributed by atoms with van der Waals surface area (Å²) in [6, 6.07) is 6.40. The highest BCUT2D eigenvalue weighted by Gasteiger charge is 2.01. The van der Waals surface area contributed by atoms with Gasteiger partial charge in [0, 0.05) is 0 Å². The molecule has 0 aliphatic rings. The van der Waals surface area contributed by atoms with Crippen LogP contribution >= 0.6 is 0 Å². The van der Waals surface area contributed by atoms with Gasteiger partial charge >= 0.3 is 0 Å². The molecule has 0 N–H and O–H groups in total. The number of halogens is 1. The first-order chi connectivity index (χ1) is 5.20. The van der Waals surface area contributed by atoms with E-state index in [-0.39, 0.29) is 11.9 Å². The van der Waals surface area contributed by atoms with Gasteiger partial charge < -0.3 is 4.74 Å². The highest BCUT2D eigenvalue weighted by molar-refractivity contribution is 5.23. The molecular formula is C9H11FO. The summed E-state index contributed by atoms with van der Waals surface area (Å²) >= 11 is 0. The van der Waals surface area contributed by atoms with Crippen molar-refractivity contribution < 1.29 is 9.13 Å². The molecule has 0 unspecified atom stereocenters. The Bertz CT molecular complexity index is 233. The second-order valence-corrected chi connectivity index (χ2v) is 2.60. The van der Waals surface area contributed by atoms with Crippen molar-refractivity contribution in [3.8, 4) is 5.75 Å². The van der Waals surface area contributed by atoms with Gasteiger partial charge in [-0.25, -0.2) is 4.39 Å². The first kappa shape index (κ1) is 8.05. The molecule has 1 aromatic rings. The first-order valence-electron chi connectivity index (χ1n) is 3.61. The molecule has 0 aliphatic heterocycles. The summed E-state index contributed by atoms with van der Waals surface area (Å²) in [7, 11) is 0. The molecule has 0 bridgehead atoms. The summed E-state index contributed by atoms with van der Waals surface area (Å²) in [5.74, 6) is 0.0173. The Labute approximate surface area is 65.8 Å². The predicted molar refractivity (Wildman–Crippen MR) is 42.2 cm³/mol. The van der Waals surface area contributed by atoms with E-state index in [0.717, 1.165) is 0 Å². The summed E-state index contributed by atoms with van der Waals surface area (Å²) in [6.07, 6.45) is 0.0203. The average molecular weight is 154 g/mol. The fourth-order valence-corrected chi connectivity index (χ4v) is 0.794. The topological polar surface area (TPSA) is 9.23 Å². The predicted octanol–water partition coefficient (Wildman–Crippen LogP) is 2.61. The Morgan fingerprint density at radius 1 is 1.27 bits per heavy atom.